The van der Waals surface area contributed by atoms with Crippen molar-refractivity contribution in [2.45, 2.75) is 23.9 Å². The Hall–Kier alpha value is -3.27. The third-order valence-electron chi connectivity index (χ3n) is 4.05. The van der Waals surface area contributed by atoms with Crippen molar-refractivity contribution in [3.63, 3.8) is 0 Å². The van der Waals surface area contributed by atoms with Crippen molar-refractivity contribution in [1.82, 2.24) is 20.2 Å². The lowest BCUT2D eigenvalue weighted by Crippen LogP contribution is -2.14. The number of hydrogen-bond donors (Lipinski definition) is 1. The molecule has 10 heteroatoms. The summed E-state index contributed by atoms with van der Waals surface area (Å²) in [6, 6.07) is 9.70. The van der Waals surface area contributed by atoms with Crippen molar-refractivity contribution in [1.29, 1.82) is 0 Å². The van der Waals surface area contributed by atoms with Gasteiger partial charge in [0.2, 0.25) is 5.16 Å². The molecule has 0 saturated heterocycles. The molecule has 0 aliphatic rings. The van der Waals surface area contributed by atoms with Crippen LogP contribution in [0.2, 0.25) is 0 Å². The molecule has 0 unspecified atom stereocenters. The number of rotatable bonds is 5. The standard InChI is InChI=1S/C17H16N6O3S/c1-10-5-4-6-14(11(10)2)18-16(24)13-9-12(23(25)26)7-8-15(13)27-17-19-20-21-22(17)3/h4-9H,1-3H3,(H,18,24). The van der Waals surface area contributed by atoms with Gasteiger partial charge in [-0.05, 0) is 59.3 Å². The second kappa shape index (κ2) is 7.54. The molecule has 0 radical (unpaired) electrons. The van der Waals surface area contributed by atoms with Gasteiger partial charge in [-0.1, -0.05) is 12.1 Å². The highest BCUT2D eigenvalue weighted by atomic mass is 32.2. The summed E-state index contributed by atoms with van der Waals surface area (Å²) in [4.78, 5) is 24.0. The number of tetrazole rings is 1. The summed E-state index contributed by atoms with van der Waals surface area (Å²) in [5.74, 6) is -0.440. The first-order chi connectivity index (χ1) is 12.9. The van der Waals surface area contributed by atoms with E-state index in [0.717, 1.165) is 22.9 Å². The molecule has 0 aliphatic carbocycles. The first kappa shape index (κ1) is 18.5. The van der Waals surface area contributed by atoms with Gasteiger partial charge in [-0.15, -0.1) is 5.10 Å². The number of carbonyl (C=O) groups is 1. The van der Waals surface area contributed by atoms with Crippen LogP contribution in [-0.4, -0.2) is 31.0 Å². The Kier molecular flexibility index (Phi) is 5.17. The number of benzene rings is 2. The molecule has 1 aromatic heterocycles. The number of anilines is 1. The summed E-state index contributed by atoms with van der Waals surface area (Å²) < 4.78 is 1.46. The molecule has 1 amide bonds. The molecule has 3 rings (SSSR count). The summed E-state index contributed by atoms with van der Waals surface area (Å²) in [5, 5.41) is 25.6. The quantitative estimate of drug-likeness (QED) is 0.530. The molecule has 3 aromatic rings. The minimum absolute atomic E-state index is 0.165. The number of hydrogen-bond acceptors (Lipinski definition) is 7. The van der Waals surface area contributed by atoms with Gasteiger partial charge < -0.3 is 5.32 Å². The molecule has 0 atom stereocenters. The van der Waals surface area contributed by atoms with Gasteiger partial charge in [-0.3, -0.25) is 14.9 Å². The predicted octanol–water partition coefficient (Wildman–Crippen LogP) is 3.14. The molecule has 2 aromatic carbocycles. The number of aryl methyl sites for hydroxylation is 2. The van der Waals surface area contributed by atoms with Crippen LogP contribution in [0.1, 0.15) is 21.5 Å². The number of amides is 1. The van der Waals surface area contributed by atoms with Crippen molar-refractivity contribution in [2.75, 3.05) is 5.32 Å². The van der Waals surface area contributed by atoms with Crippen LogP contribution in [0.4, 0.5) is 11.4 Å². The van der Waals surface area contributed by atoms with Gasteiger partial charge in [0, 0.05) is 29.8 Å². The maximum absolute atomic E-state index is 12.9. The minimum Gasteiger partial charge on any atom is -0.322 e. The van der Waals surface area contributed by atoms with E-state index >= 15 is 0 Å². The second-order valence-corrected chi connectivity index (χ2v) is 6.84. The molecule has 0 bridgehead atoms. The van der Waals surface area contributed by atoms with Crippen LogP contribution >= 0.6 is 11.8 Å². The smallest absolute Gasteiger partial charge is 0.270 e. The van der Waals surface area contributed by atoms with Crippen LogP contribution in [0.25, 0.3) is 0 Å². The van der Waals surface area contributed by atoms with Gasteiger partial charge >= 0.3 is 0 Å². The zero-order valence-electron chi connectivity index (χ0n) is 14.8. The number of non-ortho nitro benzene ring substituents is 1. The summed E-state index contributed by atoms with van der Waals surface area (Å²) in [5.41, 5.74) is 2.64. The average Bonchev–Trinajstić information content (AvgIpc) is 3.03. The van der Waals surface area contributed by atoms with Gasteiger partial charge in [-0.25, -0.2) is 4.68 Å². The van der Waals surface area contributed by atoms with Gasteiger partial charge in [0.1, 0.15) is 0 Å². The summed E-state index contributed by atoms with van der Waals surface area (Å²) in [6.45, 7) is 3.85. The molecule has 0 fully saturated rings. The van der Waals surface area contributed by atoms with Crippen molar-refractivity contribution in [3.8, 4) is 0 Å². The van der Waals surface area contributed by atoms with Crippen LogP contribution in [-0.2, 0) is 7.05 Å². The SMILES string of the molecule is Cc1cccc(NC(=O)c2cc([N+](=O)[O-])ccc2Sc2nnnn2C)c1C. The molecule has 1 N–H and O–H groups in total. The molecular formula is C17H16N6O3S. The zero-order valence-corrected chi connectivity index (χ0v) is 15.6. The highest BCUT2D eigenvalue weighted by Crippen LogP contribution is 2.31. The Bertz CT molecular complexity index is 1030. The number of nitro groups is 1. The number of carbonyl (C=O) groups excluding carboxylic acids is 1. The Morgan fingerprint density at radius 2 is 2.04 bits per heavy atom. The zero-order chi connectivity index (χ0) is 19.6. The van der Waals surface area contributed by atoms with Crippen molar-refractivity contribution >= 4 is 29.0 Å². The molecule has 27 heavy (non-hydrogen) atoms. The van der Waals surface area contributed by atoms with Gasteiger partial charge in [0.25, 0.3) is 11.6 Å². The lowest BCUT2D eigenvalue weighted by atomic mass is 10.1. The normalized spacial score (nSPS) is 10.6. The Balaban J connectivity index is 1.99. The van der Waals surface area contributed by atoms with Crippen molar-refractivity contribution in [2.24, 2.45) is 7.05 Å². The molecule has 138 valence electrons. The fourth-order valence-corrected chi connectivity index (χ4v) is 3.22. The van der Waals surface area contributed by atoms with E-state index in [2.05, 4.69) is 20.8 Å². The fraction of sp³-hybridized carbons (Fsp3) is 0.176. The average molecular weight is 384 g/mol. The van der Waals surface area contributed by atoms with Crippen LogP contribution in [0.15, 0.2) is 46.5 Å². The Morgan fingerprint density at radius 1 is 1.26 bits per heavy atom. The predicted molar refractivity (Wildman–Crippen MR) is 99.9 cm³/mol. The van der Waals surface area contributed by atoms with Crippen LogP contribution in [0, 0.1) is 24.0 Å². The first-order valence-corrected chi connectivity index (χ1v) is 8.74. The lowest BCUT2D eigenvalue weighted by Gasteiger charge is -2.12. The largest absolute Gasteiger partial charge is 0.322 e. The van der Waals surface area contributed by atoms with E-state index < -0.39 is 10.8 Å². The molecule has 0 saturated carbocycles. The van der Waals surface area contributed by atoms with Gasteiger partial charge in [0.05, 0.1) is 10.5 Å². The molecule has 1 heterocycles. The highest BCUT2D eigenvalue weighted by molar-refractivity contribution is 7.99. The number of nitrogens with zero attached hydrogens (tertiary/aromatic N) is 5. The number of nitro benzene ring substituents is 1. The second-order valence-electron chi connectivity index (χ2n) is 5.83. The highest BCUT2D eigenvalue weighted by Gasteiger charge is 2.20. The van der Waals surface area contributed by atoms with E-state index in [1.807, 2.05) is 26.0 Å². The van der Waals surface area contributed by atoms with Crippen LogP contribution in [0.3, 0.4) is 0 Å². The van der Waals surface area contributed by atoms with E-state index in [4.69, 9.17) is 0 Å². The summed E-state index contributed by atoms with van der Waals surface area (Å²) in [7, 11) is 1.67. The summed E-state index contributed by atoms with van der Waals surface area (Å²) in [6.07, 6.45) is 0. The minimum atomic E-state index is -0.535. The Labute approximate surface area is 158 Å². The molecule has 9 nitrogen and oxygen atoms in total. The number of aromatic nitrogens is 4. The maximum Gasteiger partial charge on any atom is 0.270 e. The lowest BCUT2D eigenvalue weighted by molar-refractivity contribution is -0.384. The third kappa shape index (κ3) is 3.95. The van der Waals surface area contributed by atoms with Gasteiger partial charge in [0.15, 0.2) is 0 Å². The molecule has 0 aliphatic heterocycles. The van der Waals surface area contributed by atoms with E-state index in [1.165, 1.54) is 22.9 Å². The van der Waals surface area contributed by atoms with Crippen LogP contribution in [0.5, 0.6) is 0 Å². The third-order valence-corrected chi connectivity index (χ3v) is 5.16. The molecular weight excluding hydrogens is 368 g/mol. The van der Waals surface area contributed by atoms with E-state index in [-0.39, 0.29) is 11.3 Å². The monoisotopic (exact) mass is 384 g/mol. The van der Waals surface area contributed by atoms with Crippen LogP contribution < -0.4 is 5.32 Å². The van der Waals surface area contributed by atoms with Crippen molar-refractivity contribution < 1.29 is 9.72 Å². The topological polar surface area (TPSA) is 116 Å². The van der Waals surface area contributed by atoms with E-state index in [0.29, 0.717) is 15.7 Å². The van der Waals surface area contributed by atoms with Gasteiger partial charge in [-0.2, -0.15) is 0 Å². The van der Waals surface area contributed by atoms with E-state index in [1.54, 1.807) is 13.1 Å². The Morgan fingerprint density at radius 3 is 2.70 bits per heavy atom. The van der Waals surface area contributed by atoms with E-state index in [9.17, 15) is 14.9 Å². The first-order valence-electron chi connectivity index (χ1n) is 7.93. The summed E-state index contributed by atoms with van der Waals surface area (Å²) >= 11 is 1.16. The molecule has 0 spiro atoms. The fourth-order valence-electron chi connectivity index (χ4n) is 2.38. The maximum atomic E-state index is 12.9. The number of nitrogens with one attached hydrogen (secondary N) is 1. The van der Waals surface area contributed by atoms with Crippen molar-refractivity contribution in [3.05, 3.63) is 63.2 Å².